The molecular weight excluding hydrogens is 268 g/mol. The monoisotopic (exact) mass is 280 g/mol. The molecule has 0 unspecified atom stereocenters. The zero-order valence-corrected chi connectivity index (χ0v) is 11.4. The van der Waals surface area contributed by atoms with Gasteiger partial charge in [0.2, 0.25) is 0 Å². The molecule has 94 valence electrons. The minimum absolute atomic E-state index is 0.452. The van der Waals surface area contributed by atoms with Gasteiger partial charge >= 0.3 is 0 Å². The molecular formula is C12H12N2O2S2. The molecule has 0 aliphatic rings. The third-order valence-electron chi connectivity index (χ3n) is 2.30. The Labute approximate surface area is 110 Å². The molecule has 2 aromatic rings. The second-order valence-electron chi connectivity index (χ2n) is 3.54. The van der Waals surface area contributed by atoms with Crippen LogP contribution < -0.4 is 4.31 Å². The summed E-state index contributed by atoms with van der Waals surface area (Å²) in [4.78, 5) is 3.97. The molecule has 18 heavy (non-hydrogen) atoms. The smallest absolute Gasteiger partial charge is 0.245 e. The first kappa shape index (κ1) is 12.8. The van der Waals surface area contributed by atoms with Crippen molar-refractivity contribution in [2.24, 2.45) is 0 Å². The molecule has 0 fully saturated rings. The molecule has 1 heterocycles. The van der Waals surface area contributed by atoms with Gasteiger partial charge in [-0.2, -0.15) is 0 Å². The van der Waals surface area contributed by atoms with Crippen LogP contribution in [0.4, 0.5) is 5.13 Å². The molecule has 0 radical (unpaired) electrons. The Balaban J connectivity index is 2.20. The van der Waals surface area contributed by atoms with Crippen LogP contribution in [0, 0.1) is 0 Å². The molecule has 0 saturated carbocycles. The number of benzene rings is 1. The van der Waals surface area contributed by atoms with Crippen molar-refractivity contribution in [2.75, 3.05) is 11.4 Å². The van der Waals surface area contributed by atoms with E-state index in [0.29, 0.717) is 5.13 Å². The first-order chi connectivity index (χ1) is 8.59. The summed E-state index contributed by atoms with van der Waals surface area (Å²) in [7, 11) is -1.99. The molecule has 2 rings (SSSR count). The number of sulfonamides is 1. The second kappa shape index (κ2) is 5.32. The van der Waals surface area contributed by atoms with Crippen LogP contribution in [-0.2, 0) is 10.0 Å². The summed E-state index contributed by atoms with van der Waals surface area (Å²) in [5.74, 6) is 0. The maximum atomic E-state index is 12.0. The maximum absolute atomic E-state index is 12.0. The number of anilines is 1. The quantitative estimate of drug-likeness (QED) is 0.865. The number of rotatable bonds is 4. The van der Waals surface area contributed by atoms with E-state index in [2.05, 4.69) is 4.98 Å². The number of aromatic nitrogens is 1. The maximum Gasteiger partial charge on any atom is 0.258 e. The van der Waals surface area contributed by atoms with Crippen LogP contribution in [0.15, 0.2) is 47.3 Å². The van der Waals surface area contributed by atoms with Crippen LogP contribution in [0.2, 0.25) is 0 Å². The Kier molecular flexibility index (Phi) is 3.78. The highest BCUT2D eigenvalue weighted by molar-refractivity contribution is 7.95. The summed E-state index contributed by atoms with van der Waals surface area (Å²) < 4.78 is 25.2. The molecule has 1 aromatic heterocycles. The Morgan fingerprint density at radius 3 is 2.61 bits per heavy atom. The van der Waals surface area contributed by atoms with Crippen molar-refractivity contribution in [1.29, 1.82) is 0 Å². The van der Waals surface area contributed by atoms with E-state index in [4.69, 9.17) is 0 Å². The summed E-state index contributed by atoms with van der Waals surface area (Å²) in [5.41, 5.74) is 0.841. The molecule has 0 atom stereocenters. The normalized spacial score (nSPS) is 11.8. The molecule has 1 aromatic carbocycles. The van der Waals surface area contributed by atoms with Crippen molar-refractivity contribution < 1.29 is 8.42 Å². The van der Waals surface area contributed by atoms with Gasteiger partial charge in [-0.15, -0.1) is 11.3 Å². The van der Waals surface area contributed by atoms with E-state index in [1.165, 1.54) is 23.8 Å². The van der Waals surface area contributed by atoms with Gasteiger partial charge in [0.1, 0.15) is 0 Å². The lowest BCUT2D eigenvalue weighted by Crippen LogP contribution is -2.23. The van der Waals surface area contributed by atoms with Crippen LogP contribution in [0.25, 0.3) is 6.08 Å². The van der Waals surface area contributed by atoms with Gasteiger partial charge in [0.05, 0.1) is 5.41 Å². The minimum atomic E-state index is -3.48. The summed E-state index contributed by atoms with van der Waals surface area (Å²) in [6.07, 6.45) is 3.15. The van der Waals surface area contributed by atoms with E-state index < -0.39 is 10.0 Å². The van der Waals surface area contributed by atoms with E-state index in [0.717, 1.165) is 9.87 Å². The number of thiazole rings is 1. The Bertz CT molecular complexity index is 619. The molecule has 0 saturated heterocycles. The van der Waals surface area contributed by atoms with Gasteiger partial charge in [-0.3, -0.25) is 0 Å². The molecule has 0 aliphatic carbocycles. The van der Waals surface area contributed by atoms with E-state index in [9.17, 15) is 8.42 Å². The van der Waals surface area contributed by atoms with Crippen molar-refractivity contribution in [3.05, 3.63) is 52.9 Å². The summed E-state index contributed by atoms with van der Waals surface area (Å²) in [6.45, 7) is 0. The fraction of sp³-hybridized carbons (Fsp3) is 0.0833. The summed E-state index contributed by atoms with van der Waals surface area (Å²) in [5, 5.41) is 3.37. The lowest BCUT2D eigenvalue weighted by molar-refractivity contribution is 0.603. The third-order valence-corrected chi connectivity index (χ3v) is 4.68. The number of nitrogens with zero attached hydrogens (tertiary/aromatic N) is 2. The minimum Gasteiger partial charge on any atom is -0.245 e. The van der Waals surface area contributed by atoms with Gasteiger partial charge in [0, 0.05) is 18.6 Å². The highest BCUT2D eigenvalue weighted by atomic mass is 32.2. The topological polar surface area (TPSA) is 50.3 Å². The molecule has 4 nitrogen and oxygen atoms in total. The lowest BCUT2D eigenvalue weighted by Gasteiger charge is -2.12. The van der Waals surface area contributed by atoms with E-state index in [-0.39, 0.29) is 0 Å². The summed E-state index contributed by atoms with van der Waals surface area (Å²) in [6, 6.07) is 9.28. The molecule has 0 aliphatic heterocycles. The van der Waals surface area contributed by atoms with Crippen molar-refractivity contribution in [3.8, 4) is 0 Å². The average Bonchev–Trinajstić information content (AvgIpc) is 2.90. The van der Waals surface area contributed by atoms with Crippen molar-refractivity contribution in [3.63, 3.8) is 0 Å². The Morgan fingerprint density at radius 1 is 1.28 bits per heavy atom. The molecule has 0 spiro atoms. The zero-order valence-electron chi connectivity index (χ0n) is 9.72. The Hall–Kier alpha value is -1.66. The molecule has 6 heteroatoms. The SMILES string of the molecule is CN(c1nccs1)S(=O)(=O)/C=C\c1ccccc1. The number of hydrogen-bond acceptors (Lipinski definition) is 4. The standard InChI is InChI=1S/C12H12N2O2S2/c1-14(12-13-8-9-17-12)18(15,16)10-7-11-5-3-2-4-6-11/h2-10H,1H3/b10-7-. The molecule has 0 bridgehead atoms. The fourth-order valence-corrected chi connectivity index (χ4v) is 3.03. The van der Waals surface area contributed by atoms with E-state index in [1.54, 1.807) is 17.7 Å². The summed E-state index contributed by atoms with van der Waals surface area (Å²) >= 11 is 1.28. The predicted molar refractivity (Wildman–Crippen MR) is 74.9 cm³/mol. The first-order valence-electron chi connectivity index (χ1n) is 5.21. The van der Waals surface area contributed by atoms with Gasteiger partial charge < -0.3 is 0 Å². The van der Waals surface area contributed by atoms with Gasteiger partial charge in [-0.05, 0) is 11.6 Å². The van der Waals surface area contributed by atoms with Crippen LogP contribution >= 0.6 is 11.3 Å². The highest BCUT2D eigenvalue weighted by Gasteiger charge is 2.16. The second-order valence-corrected chi connectivity index (χ2v) is 6.26. The van der Waals surface area contributed by atoms with Crippen LogP contribution in [0.5, 0.6) is 0 Å². The largest absolute Gasteiger partial charge is 0.258 e. The average molecular weight is 280 g/mol. The van der Waals surface area contributed by atoms with E-state index >= 15 is 0 Å². The van der Waals surface area contributed by atoms with E-state index in [1.807, 2.05) is 30.3 Å². The fourth-order valence-electron chi connectivity index (χ4n) is 1.30. The lowest BCUT2D eigenvalue weighted by atomic mass is 10.2. The van der Waals surface area contributed by atoms with Gasteiger partial charge in [0.25, 0.3) is 10.0 Å². The molecule has 0 amide bonds. The first-order valence-corrected chi connectivity index (χ1v) is 7.59. The van der Waals surface area contributed by atoms with Crippen LogP contribution in [0.1, 0.15) is 5.56 Å². The Morgan fingerprint density at radius 2 is 2.00 bits per heavy atom. The highest BCUT2D eigenvalue weighted by Crippen LogP contribution is 2.19. The van der Waals surface area contributed by atoms with Crippen molar-refractivity contribution in [1.82, 2.24) is 4.98 Å². The van der Waals surface area contributed by atoms with Gasteiger partial charge in [0.15, 0.2) is 5.13 Å². The van der Waals surface area contributed by atoms with Crippen LogP contribution in [-0.4, -0.2) is 20.4 Å². The van der Waals surface area contributed by atoms with Crippen molar-refractivity contribution >= 4 is 32.6 Å². The van der Waals surface area contributed by atoms with Gasteiger partial charge in [-0.25, -0.2) is 17.7 Å². The number of hydrogen-bond donors (Lipinski definition) is 0. The van der Waals surface area contributed by atoms with Gasteiger partial charge in [-0.1, -0.05) is 30.3 Å². The predicted octanol–water partition coefficient (Wildman–Crippen LogP) is 2.58. The van der Waals surface area contributed by atoms with Crippen LogP contribution in [0.3, 0.4) is 0 Å². The molecule has 0 N–H and O–H groups in total. The third kappa shape index (κ3) is 2.96. The van der Waals surface area contributed by atoms with Crippen molar-refractivity contribution in [2.45, 2.75) is 0 Å². The zero-order chi connectivity index (χ0) is 13.0.